The molecule has 3 rings (SSSR count). The van der Waals surface area contributed by atoms with Crippen molar-refractivity contribution in [3.63, 3.8) is 0 Å². The minimum atomic E-state index is -0.0554. The first-order valence-electron chi connectivity index (χ1n) is 8.09. The fourth-order valence-electron chi connectivity index (χ4n) is 3.41. The number of carbonyl (C=O) groups excluding carboxylic acids is 1. The number of benzene rings is 1. The average Bonchev–Trinajstić information content (AvgIpc) is 3.21. The van der Waals surface area contributed by atoms with E-state index in [1.54, 1.807) is 34.4 Å². The molecule has 0 aliphatic carbocycles. The molecule has 1 aromatic carbocycles. The fraction of sp³-hybridized carbons (Fsp3) is 0.389. The van der Waals surface area contributed by atoms with Gasteiger partial charge in [0.2, 0.25) is 0 Å². The first-order chi connectivity index (χ1) is 11.1. The molecule has 2 N–H and O–H groups in total. The summed E-state index contributed by atoms with van der Waals surface area (Å²) in [5, 5.41) is 5.88. The molecular weight excluding hydrogens is 328 g/mol. The van der Waals surface area contributed by atoms with E-state index in [4.69, 9.17) is 11.6 Å². The van der Waals surface area contributed by atoms with Crippen LogP contribution in [0.2, 0.25) is 5.02 Å². The second-order valence-corrected chi connectivity index (χ2v) is 7.55. The van der Waals surface area contributed by atoms with E-state index in [0.29, 0.717) is 16.6 Å². The van der Waals surface area contributed by atoms with Crippen molar-refractivity contribution in [2.75, 3.05) is 13.1 Å². The lowest BCUT2D eigenvalue weighted by molar-refractivity contribution is -0.920. The van der Waals surface area contributed by atoms with Gasteiger partial charge in [-0.25, -0.2) is 0 Å². The average molecular weight is 350 g/mol. The van der Waals surface area contributed by atoms with Crippen LogP contribution in [0.15, 0.2) is 41.8 Å². The number of thiophene rings is 1. The summed E-state index contributed by atoms with van der Waals surface area (Å²) in [6.45, 7) is 4.47. The number of likely N-dealkylation sites (tertiary alicyclic amines) is 1. The maximum Gasteiger partial charge on any atom is 0.251 e. The second-order valence-electron chi connectivity index (χ2n) is 6.13. The molecule has 1 aliphatic heterocycles. The number of amides is 1. The minimum Gasteiger partial charge on any atom is -0.343 e. The zero-order chi connectivity index (χ0) is 16.2. The monoisotopic (exact) mass is 349 g/mol. The summed E-state index contributed by atoms with van der Waals surface area (Å²) in [4.78, 5) is 15.4. The van der Waals surface area contributed by atoms with Gasteiger partial charge in [0.1, 0.15) is 6.04 Å². The van der Waals surface area contributed by atoms with Gasteiger partial charge in [0, 0.05) is 23.4 Å². The highest BCUT2D eigenvalue weighted by Crippen LogP contribution is 2.21. The lowest BCUT2D eigenvalue weighted by atomic mass is 10.1. The summed E-state index contributed by atoms with van der Waals surface area (Å²) in [6, 6.07) is 11.8. The molecule has 0 bridgehead atoms. The van der Waals surface area contributed by atoms with Crippen molar-refractivity contribution in [1.82, 2.24) is 5.32 Å². The highest BCUT2D eigenvalue weighted by Gasteiger charge is 2.33. The molecule has 1 aliphatic rings. The quantitative estimate of drug-likeness (QED) is 0.855. The first-order valence-corrected chi connectivity index (χ1v) is 9.35. The standard InChI is InChI=1S/C18H21ClN2OS/c1-13(20-18(22)14-6-4-7-15(19)12-14)17(16-8-5-11-23-16)21-9-2-3-10-21/h4-8,11-13,17H,2-3,9-10H2,1H3,(H,20,22)/p+1/t13-,17+/m0/s1. The predicted octanol–water partition coefficient (Wildman–Crippen LogP) is 2.94. The number of halogens is 1. The highest BCUT2D eigenvalue weighted by molar-refractivity contribution is 7.10. The molecular formula is C18H22ClN2OS+. The van der Waals surface area contributed by atoms with Crippen molar-refractivity contribution in [2.24, 2.45) is 0 Å². The van der Waals surface area contributed by atoms with Gasteiger partial charge in [0.25, 0.3) is 5.91 Å². The number of nitrogens with one attached hydrogen (secondary N) is 2. The van der Waals surface area contributed by atoms with Crippen LogP contribution in [-0.4, -0.2) is 25.0 Å². The zero-order valence-electron chi connectivity index (χ0n) is 13.2. The summed E-state index contributed by atoms with van der Waals surface area (Å²) >= 11 is 7.77. The summed E-state index contributed by atoms with van der Waals surface area (Å²) in [7, 11) is 0. The van der Waals surface area contributed by atoms with Crippen LogP contribution < -0.4 is 10.2 Å². The number of hydrogen-bond donors (Lipinski definition) is 2. The lowest BCUT2D eigenvalue weighted by Gasteiger charge is -2.29. The van der Waals surface area contributed by atoms with Crippen LogP contribution in [0.4, 0.5) is 0 Å². The van der Waals surface area contributed by atoms with Gasteiger partial charge < -0.3 is 10.2 Å². The maximum atomic E-state index is 12.5. The molecule has 1 amide bonds. The van der Waals surface area contributed by atoms with Crippen molar-refractivity contribution >= 4 is 28.8 Å². The van der Waals surface area contributed by atoms with E-state index in [1.165, 1.54) is 30.8 Å². The Morgan fingerprint density at radius 2 is 2.04 bits per heavy atom. The zero-order valence-corrected chi connectivity index (χ0v) is 14.8. The van der Waals surface area contributed by atoms with Gasteiger partial charge in [0.15, 0.2) is 0 Å². The Kier molecular flexibility index (Phi) is 5.36. The van der Waals surface area contributed by atoms with E-state index in [2.05, 4.69) is 29.8 Å². The van der Waals surface area contributed by atoms with Gasteiger partial charge in [0.05, 0.1) is 24.0 Å². The molecule has 3 nitrogen and oxygen atoms in total. The summed E-state index contributed by atoms with van der Waals surface area (Å²) in [6.07, 6.45) is 2.54. The molecule has 122 valence electrons. The van der Waals surface area contributed by atoms with Crippen LogP contribution in [-0.2, 0) is 0 Å². The minimum absolute atomic E-state index is 0.0554. The number of rotatable bonds is 5. The third-order valence-electron chi connectivity index (χ3n) is 4.48. The first kappa shape index (κ1) is 16.5. The Bertz CT molecular complexity index is 653. The molecule has 2 heterocycles. The van der Waals surface area contributed by atoms with Gasteiger partial charge >= 0.3 is 0 Å². The molecule has 0 spiro atoms. The van der Waals surface area contributed by atoms with Crippen molar-refractivity contribution in [3.8, 4) is 0 Å². The van der Waals surface area contributed by atoms with Gasteiger partial charge in [-0.2, -0.15) is 0 Å². The Morgan fingerprint density at radius 1 is 1.26 bits per heavy atom. The lowest BCUT2D eigenvalue weighted by Crippen LogP contribution is -3.11. The number of carbonyl (C=O) groups is 1. The summed E-state index contributed by atoms with van der Waals surface area (Å²) < 4.78 is 0. The van der Waals surface area contributed by atoms with Crippen molar-refractivity contribution in [1.29, 1.82) is 0 Å². The van der Waals surface area contributed by atoms with E-state index in [1.807, 2.05) is 6.07 Å². The Labute approximate surface area is 146 Å². The van der Waals surface area contributed by atoms with E-state index in [0.717, 1.165) is 0 Å². The number of quaternary nitrogens is 1. The normalized spacial score (nSPS) is 17.8. The van der Waals surface area contributed by atoms with Crippen LogP contribution in [0.3, 0.4) is 0 Å². The third-order valence-corrected chi connectivity index (χ3v) is 5.67. The Balaban J connectivity index is 1.75. The van der Waals surface area contributed by atoms with Crippen LogP contribution in [0.5, 0.6) is 0 Å². The smallest absolute Gasteiger partial charge is 0.251 e. The van der Waals surface area contributed by atoms with Gasteiger partial charge in [-0.1, -0.05) is 23.7 Å². The van der Waals surface area contributed by atoms with Crippen molar-refractivity contribution < 1.29 is 9.69 Å². The number of hydrogen-bond acceptors (Lipinski definition) is 2. The van der Waals surface area contributed by atoms with E-state index in [-0.39, 0.29) is 11.9 Å². The van der Waals surface area contributed by atoms with E-state index >= 15 is 0 Å². The van der Waals surface area contributed by atoms with Crippen LogP contribution in [0.1, 0.15) is 41.0 Å². The second kappa shape index (κ2) is 7.47. The Morgan fingerprint density at radius 3 is 2.70 bits per heavy atom. The van der Waals surface area contributed by atoms with Gasteiger partial charge in [-0.3, -0.25) is 4.79 Å². The van der Waals surface area contributed by atoms with Crippen molar-refractivity contribution in [3.05, 3.63) is 57.2 Å². The predicted molar refractivity (Wildman–Crippen MR) is 95.4 cm³/mol. The maximum absolute atomic E-state index is 12.5. The van der Waals surface area contributed by atoms with Crippen LogP contribution in [0, 0.1) is 0 Å². The molecule has 23 heavy (non-hydrogen) atoms. The topological polar surface area (TPSA) is 33.5 Å². The largest absolute Gasteiger partial charge is 0.343 e. The molecule has 2 aromatic rings. The SMILES string of the molecule is C[C@H](NC(=O)c1cccc(Cl)c1)[C@H](c1cccs1)[NH+]1CCCC1. The molecule has 1 saturated heterocycles. The van der Waals surface area contributed by atoms with E-state index < -0.39 is 0 Å². The molecule has 0 saturated carbocycles. The van der Waals surface area contributed by atoms with Crippen LogP contribution in [0.25, 0.3) is 0 Å². The molecule has 2 atom stereocenters. The van der Waals surface area contributed by atoms with Gasteiger partial charge in [-0.15, -0.1) is 11.3 Å². The fourth-order valence-corrected chi connectivity index (χ4v) is 4.59. The van der Waals surface area contributed by atoms with Crippen LogP contribution >= 0.6 is 22.9 Å². The molecule has 0 unspecified atom stereocenters. The molecule has 0 radical (unpaired) electrons. The Hall–Kier alpha value is -1.36. The summed E-state index contributed by atoms with van der Waals surface area (Å²) in [5.41, 5.74) is 0.616. The van der Waals surface area contributed by atoms with E-state index in [9.17, 15) is 4.79 Å². The van der Waals surface area contributed by atoms with Gasteiger partial charge in [-0.05, 0) is 36.6 Å². The summed E-state index contributed by atoms with van der Waals surface area (Å²) in [5.74, 6) is -0.0554. The van der Waals surface area contributed by atoms with Crippen molar-refractivity contribution in [2.45, 2.75) is 31.8 Å². The molecule has 1 fully saturated rings. The third kappa shape index (κ3) is 3.94. The highest BCUT2D eigenvalue weighted by atomic mass is 35.5. The molecule has 1 aromatic heterocycles. The molecule has 5 heteroatoms.